The lowest BCUT2D eigenvalue weighted by Crippen LogP contribution is -1.97. The molecule has 1 heterocycles. The van der Waals surface area contributed by atoms with Crippen LogP contribution in [0, 0.1) is 0 Å². The first kappa shape index (κ1) is 12.3. The van der Waals surface area contributed by atoms with E-state index in [0.717, 1.165) is 22.5 Å². The predicted molar refractivity (Wildman–Crippen MR) is 73.6 cm³/mol. The van der Waals surface area contributed by atoms with Crippen LogP contribution in [-0.2, 0) is 0 Å². The van der Waals surface area contributed by atoms with E-state index in [4.69, 9.17) is 9.47 Å². The Balaban J connectivity index is 2.14. The van der Waals surface area contributed by atoms with Crippen molar-refractivity contribution >= 4 is 11.0 Å². The fourth-order valence-corrected chi connectivity index (χ4v) is 2.02. The highest BCUT2D eigenvalue weighted by atomic mass is 16.5. The zero-order valence-corrected chi connectivity index (χ0v) is 11.1. The summed E-state index contributed by atoms with van der Waals surface area (Å²) < 4.78 is 11.9. The number of benzene rings is 2. The van der Waals surface area contributed by atoms with Crippen molar-refractivity contribution < 1.29 is 14.6 Å². The van der Waals surface area contributed by atoms with Crippen molar-refractivity contribution in [2.45, 2.75) is 0 Å². The van der Waals surface area contributed by atoms with Gasteiger partial charge >= 0.3 is 0 Å². The quantitative estimate of drug-likeness (QED) is 0.790. The molecule has 102 valence electrons. The lowest BCUT2D eigenvalue weighted by Gasteiger charge is -2.07. The zero-order chi connectivity index (χ0) is 14.1. The summed E-state index contributed by atoms with van der Waals surface area (Å²) in [6.07, 6.45) is 0. The first-order chi connectivity index (χ1) is 9.72. The summed E-state index contributed by atoms with van der Waals surface area (Å²) in [7, 11) is 3.11. The van der Waals surface area contributed by atoms with Gasteiger partial charge < -0.3 is 14.6 Å². The molecule has 2 aromatic carbocycles. The topological polar surface area (TPSA) is 69.4 Å². The molecule has 0 bridgehead atoms. The van der Waals surface area contributed by atoms with Crippen LogP contribution in [0.1, 0.15) is 0 Å². The number of hydrogen-bond acceptors (Lipinski definition) is 5. The van der Waals surface area contributed by atoms with E-state index < -0.39 is 0 Å². The lowest BCUT2D eigenvalue weighted by atomic mass is 10.2. The first-order valence-corrected chi connectivity index (χ1v) is 6.00. The Hall–Kier alpha value is -2.76. The van der Waals surface area contributed by atoms with Crippen LogP contribution in [0.3, 0.4) is 0 Å². The standard InChI is InChI=1S/C14H13N3O3/c1-19-10-4-5-12-11(8-10)15-16-17(12)9-3-6-13(18)14(7-9)20-2/h3-8,18H,1-2H3. The Bertz CT molecular complexity index is 767. The highest BCUT2D eigenvalue weighted by Gasteiger charge is 2.10. The van der Waals surface area contributed by atoms with Crippen LogP contribution >= 0.6 is 0 Å². The van der Waals surface area contributed by atoms with Gasteiger partial charge in [0.05, 0.1) is 25.4 Å². The number of phenols is 1. The molecule has 6 nitrogen and oxygen atoms in total. The molecule has 3 rings (SSSR count). The molecule has 0 saturated carbocycles. The Kier molecular flexibility index (Phi) is 2.90. The van der Waals surface area contributed by atoms with E-state index in [1.807, 2.05) is 18.2 Å². The van der Waals surface area contributed by atoms with Crippen molar-refractivity contribution in [2.24, 2.45) is 0 Å². The number of rotatable bonds is 3. The number of nitrogens with zero attached hydrogens (tertiary/aromatic N) is 3. The summed E-state index contributed by atoms with van der Waals surface area (Å²) in [6.45, 7) is 0. The van der Waals surface area contributed by atoms with E-state index in [0.29, 0.717) is 5.75 Å². The van der Waals surface area contributed by atoms with Crippen LogP contribution in [0.15, 0.2) is 36.4 Å². The van der Waals surface area contributed by atoms with Crippen molar-refractivity contribution in [1.29, 1.82) is 0 Å². The maximum absolute atomic E-state index is 9.63. The molecule has 6 heteroatoms. The summed E-state index contributed by atoms with van der Waals surface area (Å²) in [4.78, 5) is 0. The van der Waals surface area contributed by atoms with Gasteiger partial charge in [-0.05, 0) is 24.3 Å². The van der Waals surface area contributed by atoms with E-state index in [1.165, 1.54) is 7.11 Å². The Morgan fingerprint density at radius 3 is 2.65 bits per heavy atom. The zero-order valence-electron chi connectivity index (χ0n) is 11.1. The molecule has 20 heavy (non-hydrogen) atoms. The van der Waals surface area contributed by atoms with Crippen molar-refractivity contribution in [2.75, 3.05) is 14.2 Å². The highest BCUT2D eigenvalue weighted by Crippen LogP contribution is 2.29. The number of aromatic hydroxyl groups is 1. The summed E-state index contributed by atoms with van der Waals surface area (Å²) in [5.74, 6) is 1.20. The highest BCUT2D eigenvalue weighted by molar-refractivity contribution is 5.78. The van der Waals surface area contributed by atoms with Crippen LogP contribution in [-0.4, -0.2) is 34.3 Å². The molecule has 0 amide bonds. The van der Waals surface area contributed by atoms with Gasteiger partial charge in [0.25, 0.3) is 0 Å². The SMILES string of the molecule is COc1ccc2c(c1)nnn2-c1ccc(O)c(OC)c1. The third kappa shape index (κ3) is 1.91. The number of hydrogen-bond donors (Lipinski definition) is 1. The average Bonchev–Trinajstić information content (AvgIpc) is 2.90. The largest absolute Gasteiger partial charge is 0.504 e. The third-order valence-electron chi connectivity index (χ3n) is 3.06. The molecule has 3 aromatic rings. The molecular weight excluding hydrogens is 258 g/mol. The van der Waals surface area contributed by atoms with E-state index in [2.05, 4.69) is 10.3 Å². The first-order valence-electron chi connectivity index (χ1n) is 6.00. The van der Waals surface area contributed by atoms with Gasteiger partial charge in [0.15, 0.2) is 11.5 Å². The molecule has 0 aliphatic carbocycles. The fourth-order valence-electron chi connectivity index (χ4n) is 2.02. The second-order valence-corrected chi connectivity index (χ2v) is 4.21. The number of methoxy groups -OCH3 is 2. The molecule has 1 aromatic heterocycles. The molecule has 0 aliphatic heterocycles. The molecule has 0 radical (unpaired) electrons. The van der Waals surface area contributed by atoms with E-state index >= 15 is 0 Å². The smallest absolute Gasteiger partial charge is 0.162 e. The minimum absolute atomic E-state index is 0.0855. The number of fused-ring (bicyclic) bond motifs is 1. The van der Waals surface area contributed by atoms with Crippen molar-refractivity contribution in [3.63, 3.8) is 0 Å². The van der Waals surface area contributed by atoms with Gasteiger partial charge in [-0.3, -0.25) is 0 Å². The number of aromatic nitrogens is 3. The second kappa shape index (κ2) is 4.73. The number of ether oxygens (including phenoxy) is 2. The second-order valence-electron chi connectivity index (χ2n) is 4.21. The van der Waals surface area contributed by atoms with E-state index in [1.54, 1.807) is 30.0 Å². The molecule has 0 spiro atoms. The molecule has 0 fully saturated rings. The van der Waals surface area contributed by atoms with Gasteiger partial charge in [0, 0.05) is 12.1 Å². The van der Waals surface area contributed by atoms with Crippen LogP contribution in [0.25, 0.3) is 16.7 Å². The molecule has 0 aliphatic rings. The monoisotopic (exact) mass is 271 g/mol. The maximum Gasteiger partial charge on any atom is 0.162 e. The van der Waals surface area contributed by atoms with Crippen molar-refractivity contribution in [1.82, 2.24) is 15.0 Å². The summed E-state index contributed by atoms with van der Waals surface area (Å²) >= 11 is 0. The average molecular weight is 271 g/mol. The molecule has 0 unspecified atom stereocenters. The van der Waals surface area contributed by atoms with Crippen LogP contribution in [0.4, 0.5) is 0 Å². The third-order valence-corrected chi connectivity index (χ3v) is 3.06. The van der Waals surface area contributed by atoms with Gasteiger partial charge in [-0.2, -0.15) is 0 Å². The summed E-state index contributed by atoms with van der Waals surface area (Å²) in [5.41, 5.74) is 2.34. The summed E-state index contributed by atoms with van der Waals surface area (Å²) in [6, 6.07) is 10.6. The van der Waals surface area contributed by atoms with Gasteiger partial charge in [-0.1, -0.05) is 5.21 Å². The van der Waals surface area contributed by atoms with Crippen LogP contribution < -0.4 is 9.47 Å². The lowest BCUT2D eigenvalue weighted by molar-refractivity contribution is 0.373. The van der Waals surface area contributed by atoms with Gasteiger partial charge in [-0.15, -0.1) is 5.10 Å². The van der Waals surface area contributed by atoms with Gasteiger partial charge in [0.2, 0.25) is 0 Å². The fraction of sp³-hybridized carbons (Fsp3) is 0.143. The molecule has 0 saturated heterocycles. The van der Waals surface area contributed by atoms with Crippen molar-refractivity contribution in [3.05, 3.63) is 36.4 Å². The minimum atomic E-state index is 0.0855. The molecular formula is C14H13N3O3. The van der Waals surface area contributed by atoms with E-state index in [9.17, 15) is 5.11 Å². The minimum Gasteiger partial charge on any atom is -0.504 e. The Labute approximate surface area is 115 Å². The maximum atomic E-state index is 9.63. The number of phenolic OH excluding ortho intramolecular Hbond substituents is 1. The molecule has 1 N–H and O–H groups in total. The Morgan fingerprint density at radius 1 is 1.05 bits per heavy atom. The summed E-state index contributed by atoms with van der Waals surface area (Å²) in [5, 5.41) is 17.9. The van der Waals surface area contributed by atoms with Crippen molar-refractivity contribution in [3.8, 4) is 22.9 Å². The molecule has 0 atom stereocenters. The Morgan fingerprint density at radius 2 is 1.90 bits per heavy atom. The van der Waals surface area contributed by atoms with Gasteiger partial charge in [0.1, 0.15) is 11.3 Å². The van der Waals surface area contributed by atoms with E-state index in [-0.39, 0.29) is 5.75 Å². The predicted octanol–water partition coefficient (Wildman–Crippen LogP) is 2.14. The van der Waals surface area contributed by atoms with Gasteiger partial charge in [-0.25, -0.2) is 4.68 Å². The normalized spacial score (nSPS) is 10.7. The van der Waals surface area contributed by atoms with Crippen LogP contribution in [0.5, 0.6) is 17.2 Å². The van der Waals surface area contributed by atoms with Crippen LogP contribution in [0.2, 0.25) is 0 Å².